The Morgan fingerprint density at radius 1 is 1.32 bits per heavy atom. The SMILES string of the molecule is CC(C)(CCCC(=O)N1CCc2c(n(Cc3sccc3Cl)c3ncccc23)C1)C(=O)O. The molecule has 0 radical (unpaired) electrons. The van der Waals surface area contributed by atoms with Crippen LogP contribution in [0.15, 0.2) is 29.8 Å². The molecule has 1 aliphatic rings. The van der Waals surface area contributed by atoms with Crippen LogP contribution in [-0.2, 0) is 29.1 Å². The van der Waals surface area contributed by atoms with E-state index >= 15 is 0 Å². The van der Waals surface area contributed by atoms with E-state index in [1.54, 1.807) is 31.4 Å². The predicted molar refractivity (Wildman–Crippen MR) is 123 cm³/mol. The average molecular weight is 460 g/mol. The number of carbonyl (C=O) groups excluding carboxylic acids is 1. The number of aliphatic carboxylic acids is 1. The smallest absolute Gasteiger partial charge is 0.309 e. The first-order chi connectivity index (χ1) is 14.8. The van der Waals surface area contributed by atoms with Crippen LogP contribution in [-0.4, -0.2) is 38.0 Å². The highest BCUT2D eigenvalue weighted by molar-refractivity contribution is 7.10. The van der Waals surface area contributed by atoms with Gasteiger partial charge in [0.05, 0.1) is 23.5 Å². The fourth-order valence-electron chi connectivity index (χ4n) is 4.17. The number of amides is 1. The Balaban J connectivity index is 1.55. The molecule has 8 heteroatoms. The van der Waals surface area contributed by atoms with Gasteiger partial charge in [0.25, 0.3) is 0 Å². The molecule has 0 saturated heterocycles. The van der Waals surface area contributed by atoms with E-state index in [4.69, 9.17) is 11.6 Å². The Labute approximate surface area is 190 Å². The summed E-state index contributed by atoms with van der Waals surface area (Å²) in [5.74, 6) is -0.752. The predicted octanol–water partition coefficient (Wildman–Crippen LogP) is 4.97. The second kappa shape index (κ2) is 8.63. The molecule has 0 saturated carbocycles. The minimum atomic E-state index is -0.827. The van der Waals surface area contributed by atoms with Gasteiger partial charge in [-0.15, -0.1) is 11.3 Å². The molecule has 0 atom stereocenters. The van der Waals surface area contributed by atoms with Crippen LogP contribution in [0.3, 0.4) is 0 Å². The Kier molecular flexibility index (Phi) is 6.08. The van der Waals surface area contributed by atoms with Gasteiger partial charge in [-0.2, -0.15) is 0 Å². The van der Waals surface area contributed by atoms with Crippen LogP contribution < -0.4 is 0 Å². The van der Waals surface area contributed by atoms with Crippen LogP contribution in [0, 0.1) is 5.41 Å². The fraction of sp³-hybridized carbons (Fsp3) is 0.435. The van der Waals surface area contributed by atoms with Gasteiger partial charge in [-0.25, -0.2) is 4.98 Å². The molecule has 4 rings (SSSR count). The third-order valence-electron chi connectivity index (χ3n) is 6.13. The number of carboxylic acids is 1. The number of halogens is 1. The molecule has 31 heavy (non-hydrogen) atoms. The normalized spacial score (nSPS) is 14.1. The first-order valence-electron chi connectivity index (χ1n) is 10.5. The van der Waals surface area contributed by atoms with Crippen molar-refractivity contribution < 1.29 is 14.7 Å². The summed E-state index contributed by atoms with van der Waals surface area (Å²) in [5, 5.41) is 13.2. The summed E-state index contributed by atoms with van der Waals surface area (Å²) in [6.45, 7) is 5.24. The number of rotatable bonds is 7. The summed E-state index contributed by atoms with van der Waals surface area (Å²) in [4.78, 5) is 31.8. The number of carboxylic acid groups (broad SMARTS) is 1. The van der Waals surface area contributed by atoms with E-state index in [0.717, 1.165) is 33.0 Å². The lowest BCUT2D eigenvalue weighted by atomic mass is 9.87. The van der Waals surface area contributed by atoms with Crippen LogP contribution >= 0.6 is 22.9 Å². The number of hydrogen-bond acceptors (Lipinski definition) is 4. The zero-order valence-corrected chi connectivity index (χ0v) is 19.3. The van der Waals surface area contributed by atoms with Crippen LogP contribution in [0.25, 0.3) is 11.0 Å². The molecule has 0 bridgehead atoms. The van der Waals surface area contributed by atoms with Crippen molar-refractivity contribution in [2.45, 2.75) is 52.6 Å². The molecule has 1 aliphatic heterocycles. The summed E-state index contributed by atoms with van der Waals surface area (Å²) >= 11 is 7.98. The van der Waals surface area contributed by atoms with Crippen LogP contribution in [0.4, 0.5) is 0 Å². The number of thiophene rings is 1. The quantitative estimate of drug-likeness (QED) is 0.541. The molecule has 3 aromatic rings. The number of pyridine rings is 1. The maximum Gasteiger partial charge on any atom is 0.309 e. The molecule has 3 aromatic heterocycles. The third-order valence-corrected chi connectivity index (χ3v) is 7.50. The largest absolute Gasteiger partial charge is 0.481 e. The number of carbonyl (C=O) groups is 2. The zero-order chi connectivity index (χ0) is 22.2. The highest BCUT2D eigenvalue weighted by atomic mass is 35.5. The topological polar surface area (TPSA) is 75.4 Å². The van der Waals surface area contributed by atoms with Gasteiger partial charge in [0.1, 0.15) is 5.65 Å². The monoisotopic (exact) mass is 459 g/mol. The van der Waals surface area contributed by atoms with E-state index in [1.165, 1.54) is 5.56 Å². The molecule has 0 aromatic carbocycles. The Bertz CT molecular complexity index is 1130. The van der Waals surface area contributed by atoms with Crippen molar-refractivity contribution >= 4 is 45.8 Å². The van der Waals surface area contributed by atoms with Gasteiger partial charge < -0.3 is 14.6 Å². The first-order valence-corrected chi connectivity index (χ1v) is 11.7. The van der Waals surface area contributed by atoms with Gasteiger partial charge in [0.15, 0.2) is 0 Å². The molecule has 164 valence electrons. The van der Waals surface area contributed by atoms with Gasteiger partial charge >= 0.3 is 5.97 Å². The van der Waals surface area contributed by atoms with Gasteiger partial charge in [-0.3, -0.25) is 9.59 Å². The van der Waals surface area contributed by atoms with E-state index in [2.05, 4.69) is 15.6 Å². The van der Waals surface area contributed by atoms with E-state index < -0.39 is 11.4 Å². The molecule has 0 unspecified atom stereocenters. The first kappa shape index (κ1) is 21.8. The highest BCUT2D eigenvalue weighted by Gasteiger charge is 2.29. The van der Waals surface area contributed by atoms with E-state index in [0.29, 0.717) is 38.9 Å². The van der Waals surface area contributed by atoms with Crippen molar-refractivity contribution in [2.24, 2.45) is 5.41 Å². The molecular weight excluding hydrogens is 434 g/mol. The lowest BCUT2D eigenvalue weighted by Gasteiger charge is -2.29. The summed E-state index contributed by atoms with van der Waals surface area (Å²) in [6.07, 6.45) is 3.99. The Hall–Kier alpha value is -2.38. The summed E-state index contributed by atoms with van der Waals surface area (Å²) < 4.78 is 2.19. The third kappa shape index (κ3) is 4.34. The maximum absolute atomic E-state index is 12.9. The Morgan fingerprint density at radius 3 is 2.84 bits per heavy atom. The lowest BCUT2D eigenvalue weighted by Crippen LogP contribution is -2.36. The van der Waals surface area contributed by atoms with Crippen molar-refractivity contribution in [3.63, 3.8) is 0 Å². The molecule has 0 spiro atoms. The number of aromatic nitrogens is 2. The van der Waals surface area contributed by atoms with E-state index in [9.17, 15) is 14.7 Å². The molecular formula is C23H26ClN3O3S. The second-order valence-electron chi connectivity index (χ2n) is 8.69. The van der Waals surface area contributed by atoms with Crippen molar-refractivity contribution in [2.75, 3.05) is 6.54 Å². The number of nitrogens with zero attached hydrogens (tertiary/aromatic N) is 3. The fourth-order valence-corrected chi connectivity index (χ4v) is 5.26. The summed E-state index contributed by atoms with van der Waals surface area (Å²) in [7, 11) is 0. The molecule has 4 heterocycles. The lowest BCUT2D eigenvalue weighted by molar-refractivity contribution is -0.147. The standard InChI is InChI=1S/C23H26ClN3O3S/c1-23(2,22(29)30)9-3-6-20(28)26-11-7-15-16-5-4-10-25-21(16)27(18(15)13-26)14-19-17(24)8-12-31-19/h4-5,8,10,12H,3,6-7,9,11,13-14H2,1-2H3,(H,29,30). The molecule has 0 aliphatic carbocycles. The van der Waals surface area contributed by atoms with Crippen molar-refractivity contribution in [3.8, 4) is 0 Å². The van der Waals surface area contributed by atoms with Crippen molar-refractivity contribution in [1.29, 1.82) is 0 Å². The van der Waals surface area contributed by atoms with Crippen LogP contribution in [0.5, 0.6) is 0 Å². The summed E-state index contributed by atoms with van der Waals surface area (Å²) in [6, 6.07) is 5.95. The Morgan fingerprint density at radius 2 is 2.13 bits per heavy atom. The van der Waals surface area contributed by atoms with Gasteiger partial charge in [-0.1, -0.05) is 11.6 Å². The van der Waals surface area contributed by atoms with Gasteiger partial charge in [0.2, 0.25) is 5.91 Å². The summed E-state index contributed by atoms with van der Waals surface area (Å²) in [5.41, 5.74) is 2.48. The van der Waals surface area contributed by atoms with Crippen LogP contribution in [0.2, 0.25) is 5.02 Å². The van der Waals surface area contributed by atoms with Gasteiger partial charge in [0, 0.05) is 35.1 Å². The maximum atomic E-state index is 12.9. The zero-order valence-electron chi connectivity index (χ0n) is 17.7. The second-order valence-corrected chi connectivity index (χ2v) is 10.1. The van der Waals surface area contributed by atoms with Gasteiger partial charge in [-0.05, 0) is 62.3 Å². The number of fused-ring (bicyclic) bond motifs is 3. The van der Waals surface area contributed by atoms with Crippen LogP contribution in [0.1, 0.15) is 49.2 Å². The highest BCUT2D eigenvalue weighted by Crippen LogP contribution is 2.33. The molecule has 0 fully saturated rings. The minimum Gasteiger partial charge on any atom is -0.481 e. The molecule has 6 nitrogen and oxygen atoms in total. The number of hydrogen-bond donors (Lipinski definition) is 1. The van der Waals surface area contributed by atoms with E-state index in [-0.39, 0.29) is 5.91 Å². The van der Waals surface area contributed by atoms with E-state index in [1.807, 2.05) is 22.4 Å². The van der Waals surface area contributed by atoms with Crippen molar-refractivity contribution in [3.05, 3.63) is 50.9 Å². The minimum absolute atomic E-state index is 0.0748. The average Bonchev–Trinajstić information content (AvgIpc) is 3.29. The molecule has 1 amide bonds. The van der Waals surface area contributed by atoms with Crippen molar-refractivity contribution in [1.82, 2.24) is 14.5 Å². The molecule has 1 N–H and O–H groups in total.